The van der Waals surface area contributed by atoms with Gasteiger partial charge in [0.25, 0.3) is 0 Å². The second kappa shape index (κ2) is 23.0. The molecule has 1 unspecified atom stereocenters. The van der Waals surface area contributed by atoms with Gasteiger partial charge in [-0.05, 0) is 273 Å². The first kappa shape index (κ1) is 53.8. The van der Waals surface area contributed by atoms with E-state index in [4.69, 9.17) is 0 Å². The Bertz CT molecular complexity index is 4330. The molecule has 0 nitrogen and oxygen atoms in total. The fourth-order valence-corrected chi connectivity index (χ4v) is 15.5. The molecule has 0 aliphatic rings. The van der Waals surface area contributed by atoms with Gasteiger partial charge in [-0.1, -0.05) is 209 Å². The van der Waals surface area contributed by atoms with Gasteiger partial charge in [-0.3, -0.25) is 0 Å². The Balaban J connectivity index is 0.930. The molecule has 0 bridgehead atoms. The highest BCUT2D eigenvalue weighted by Crippen LogP contribution is 2.49. The van der Waals surface area contributed by atoms with Gasteiger partial charge < -0.3 is 0 Å². The lowest BCUT2D eigenvalue weighted by molar-refractivity contribution is 0.493. The highest BCUT2D eigenvalue weighted by atomic mass is 79.9. The van der Waals surface area contributed by atoms with Crippen LogP contribution in [-0.2, 0) is 38.5 Å². The summed E-state index contributed by atoms with van der Waals surface area (Å²) in [4.78, 5) is 0. The summed E-state index contributed by atoms with van der Waals surface area (Å²) in [7, 11) is 0. The van der Waals surface area contributed by atoms with E-state index in [1.165, 1.54) is 210 Å². The van der Waals surface area contributed by atoms with E-state index in [9.17, 15) is 0 Å². The Labute approximate surface area is 495 Å². The number of rotatable bonds is 18. The average Bonchev–Trinajstić information content (AvgIpc) is 3.23. The van der Waals surface area contributed by atoms with Gasteiger partial charge in [0.15, 0.2) is 0 Å². The number of unbranched alkanes of at least 4 members (excludes halogenated alkanes) is 4. The van der Waals surface area contributed by atoms with Crippen LogP contribution in [-0.4, -0.2) is 0 Å². The van der Waals surface area contributed by atoms with E-state index in [-0.39, 0.29) is 0 Å². The quantitative estimate of drug-likeness (QED) is 0.0751. The summed E-state index contributed by atoms with van der Waals surface area (Å²) in [6.45, 7) is 11.7. The zero-order chi connectivity index (χ0) is 53.8. The molecule has 78 heavy (non-hydrogen) atoms. The Morgan fingerprint density at radius 2 is 0.577 bits per heavy atom. The molecule has 4 heteroatoms. The Kier molecular flexibility index (Phi) is 15.8. The van der Waals surface area contributed by atoms with Gasteiger partial charge in [-0.25, -0.2) is 0 Å². The normalized spacial score (nSPS) is 12.7. The Morgan fingerprint density at radius 1 is 0.282 bits per heavy atom. The molecule has 0 aliphatic carbocycles. The maximum absolute atomic E-state index is 4.24. The summed E-state index contributed by atoms with van der Waals surface area (Å²) in [5.41, 5.74) is 8.45. The molecule has 0 saturated heterocycles. The highest BCUT2D eigenvalue weighted by molar-refractivity contribution is 9.11. The van der Waals surface area contributed by atoms with E-state index in [0.717, 1.165) is 51.4 Å². The third-order valence-corrected chi connectivity index (χ3v) is 20.6. The molecule has 0 saturated carbocycles. The van der Waals surface area contributed by atoms with Crippen LogP contribution in [0.15, 0.2) is 151 Å². The minimum absolute atomic E-state index is 0.550. The smallest absolute Gasteiger partial charge is 0.0213 e. The summed E-state index contributed by atoms with van der Waals surface area (Å²) >= 11 is 16.6. The molecule has 394 valence electrons. The Hall–Kier alpha value is -4.84. The van der Waals surface area contributed by atoms with Gasteiger partial charge in [-0.15, -0.1) is 0 Å². The standard InChI is InChI=1S/C74H70Br4/c1-6-10-18-45-29-32-55-57(34-45)51-22-14-16-24-53(51)71-54-25-17-15-23-52(54)58-35-46(30-33-56(58)72(55)71)28-26-44(5)27-31-50-39-62-61-38-49(21-13-9-4)69(77)42-65(61)73-63-40-67(75)47(19-11-7-2)36-59(63)60-37-48(20-12-8-3)68(76)41-64(60)74(73)66(62)43-70(50)78/h14-17,22-25,29-30,32-44H,6-13,18-21,26-28,31H2,1-5H3. The predicted octanol–water partition coefficient (Wildman–Crippen LogP) is 24.8. The van der Waals surface area contributed by atoms with Crippen LogP contribution >= 0.6 is 63.7 Å². The van der Waals surface area contributed by atoms with Crippen molar-refractivity contribution in [3.63, 3.8) is 0 Å². The first-order valence-corrected chi connectivity index (χ1v) is 32.5. The van der Waals surface area contributed by atoms with Crippen LogP contribution in [0.1, 0.15) is 132 Å². The lowest BCUT2D eigenvalue weighted by Gasteiger charge is -2.21. The van der Waals surface area contributed by atoms with E-state index in [1.807, 2.05) is 0 Å². The highest BCUT2D eigenvalue weighted by Gasteiger charge is 2.23. The van der Waals surface area contributed by atoms with Crippen molar-refractivity contribution in [1.29, 1.82) is 0 Å². The van der Waals surface area contributed by atoms with Crippen molar-refractivity contribution in [1.82, 2.24) is 0 Å². The van der Waals surface area contributed by atoms with Crippen molar-refractivity contribution in [3.8, 4) is 0 Å². The SMILES string of the molecule is CCCCc1ccc2c(c1)c1ccccc1c1c3ccccc3c3cc(CCC(C)CCc4cc5c6cc(CCCC)c(Br)cc6c6c7cc(Br)c(CCCC)cc7c7cc(CCCC)c(Br)cc7c6c5cc4Br)ccc3c21. The van der Waals surface area contributed by atoms with E-state index in [2.05, 4.69) is 232 Å². The van der Waals surface area contributed by atoms with Crippen LogP contribution in [0.3, 0.4) is 0 Å². The van der Waals surface area contributed by atoms with Crippen LogP contribution in [0.25, 0.3) is 108 Å². The molecule has 0 aliphatic heterocycles. The van der Waals surface area contributed by atoms with Crippen molar-refractivity contribution in [3.05, 3.63) is 185 Å². The molecule has 0 N–H and O–H groups in total. The third kappa shape index (κ3) is 9.79. The molecular formula is C74H70Br4. The molecule has 12 rings (SSSR count). The number of aryl methyl sites for hydroxylation is 6. The second-order valence-electron chi connectivity index (χ2n) is 22.9. The first-order chi connectivity index (χ1) is 38.1. The van der Waals surface area contributed by atoms with Crippen molar-refractivity contribution in [2.24, 2.45) is 5.92 Å². The monoisotopic (exact) mass is 1270 g/mol. The van der Waals surface area contributed by atoms with Gasteiger partial charge >= 0.3 is 0 Å². The van der Waals surface area contributed by atoms with E-state index >= 15 is 0 Å². The molecule has 1 atom stereocenters. The molecule has 0 radical (unpaired) electrons. The molecule has 0 aromatic heterocycles. The average molecular weight is 1280 g/mol. The molecule has 12 aromatic rings. The maximum atomic E-state index is 4.24. The molecule has 0 spiro atoms. The van der Waals surface area contributed by atoms with Crippen LogP contribution in [0, 0.1) is 5.92 Å². The van der Waals surface area contributed by atoms with Crippen molar-refractivity contribution < 1.29 is 0 Å². The molecule has 12 aromatic carbocycles. The zero-order valence-corrected chi connectivity index (χ0v) is 52.4. The van der Waals surface area contributed by atoms with Crippen molar-refractivity contribution >= 4 is 171 Å². The summed E-state index contributed by atoms with van der Waals surface area (Å²) in [5.74, 6) is 0.550. The van der Waals surface area contributed by atoms with Gasteiger partial charge in [0.2, 0.25) is 0 Å². The summed E-state index contributed by atoms with van der Waals surface area (Å²) in [6.07, 6.45) is 18.1. The van der Waals surface area contributed by atoms with Crippen LogP contribution in [0.4, 0.5) is 0 Å². The van der Waals surface area contributed by atoms with Crippen molar-refractivity contribution in [2.45, 2.75) is 137 Å². The third-order valence-electron chi connectivity index (χ3n) is 17.6. The van der Waals surface area contributed by atoms with E-state index < -0.39 is 0 Å². The minimum Gasteiger partial charge on any atom is -0.0654 e. The molecule has 0 amide bonds. The van der Waals surface area contributed by atoms with Crippen molar-refractivity contribution in [2.75, 3.05) is 0 Å². The molecule has 0 fully saturated rings. The van der Waals surface area contributed by atoms with Crippen LogP contribution in [0.2, 0.25) is 0 Å². The zero-order valence-electron chi connectivity index (χ0n) is 46.1. The number of hydrogen-bond donors (Lipinski definition) is 0. The lowest BCUT2D eigenvalue weighted by atomic mass is 9.84. The van der Waals surface area contributed by atoms with Crippen LogP contribution in [0.5, 0.6) is 0 Å². The van der Waals surface area contributed by atoms with Gasteiger partial charge in [0.1, 0.15) is 0 Å². The topological polar surface area (TPSA) is 0 Å². The Morgan fingerprint density at radius 3 is 0.962 bits per heavy atom. The number of benzene rings is 12. The van der Waals surface area contributed by atoms with Crippen LogP contribution < -0.4 is 0 Å². The lowest BCUT2D eigenvalue weighted by Crippen LogP contribution is -2.01. The van der Waals surface area contributed by atoms with Gasteiger partial charge in [0.05, 0.1) is 0 Å². The fraction of sp³-hybridized carbons (Fsp3) is 0.297. The number of halogens is 4. The number of fused-ring (bicyclic) bond motifs is 22. The molecular weight excluding hydrogens is 1210 g/mol. The summed E-state index contributed by atoms with van der Waals surface area (Å²) in [6, 6.07) is 53.0. The fourth-order valence-electron chi connectivity index (χ4n) is 13.3. The summed E-state index contributed by atoms with van der Waals surface area (Å²) < 4.78 is 4.85. The van der Waals surface area contributed by atoms with Gasteiger partial charge in [-0.2, -0.15) is 0 Å². The number of hydrogen-bond acceptors (Lipinski definition) is 0. The first-order valence-electron chi connectivity index (χ1n) is 29.3. The van der Waals surface area contributed by atoms with E-state index in [1.54, 1.807) is 0 Å². The largest absolute Gasteiger partial charge is 0.0654 e. The predicted molar refractivity (Wildman–Crippen MR) is 359 cm³/mol. The maximum Gasteiger partial charge on any atom is 0.0213 e. The molecule has 0 heterocycles. The second-order valence-corrected chi connectivity index (χ2v) is 26.3. The minimum atomic E-state index is 0.550. The van der Waals surface area contributed by atoms with E-state index in [0.29, 0.717) is 5.92 Å². The summed E-state index contributed by atoms with van der Waals surface area (Å²) in [5, 5.41) is 27.1. The van der Waals surface area contributed by atoms with Gasteiger partial charge in [0, 0.05) is 17.9 Å².